The third-order valence-electron chi connectivity index (χ3n) is 3.13. The van der Waals surface area contributed by atoms with Crippen molar-refractivity contribution >= 4 is 34.1 Å². The maximum atomic E-state index is 12.4. The number of amides is 1. The molecule has 1 atom stereocenters. The van der Waals surface area contributed by atoms with E-state index < -0.39 is 0 Å². The highest BCUT2D eigenvalue weighted by Gasteiger charge is 2.20. The summed E-state index contributed by atoms with van der Waals surface area (Å²) in [5.74, 6) is 0.312. The lowest BCUT2D eigenvalue weighted by Gasteiger charge is -2.13. The first-order valence-electron chi connectivity index (χ1n) is 7.37. The molecule has 4 nitrogen and oxygen atoms in total. The van der Waals surface area contributed by atoms with Gasteiger partial charge in [-0.25, -0.2) is 0 Å². The number of thioether (sulfide) groups is 1. The highest BCUT2D eigenvalue weighted by Crippen LogP contribution is 2.28. The van der Waals surface area contributed by atoms with Gasteiger partial charge in [-0.05, 0) is 25.5 Å². The number of aromatic nitrogens is 2. The number of nitrogens with one attached hydrogen (secondary N) is 1. The van der Waals surface area contributed by atoms with Gasteiger partial charge in [0.05, 0.1) is 5.25 Å². The van der Waals surface area contributed by atoms with Crippen molar-refractivity contribution in [2.75, 3.05) is 5.32 Å². The van der Waals surface area contributed by atoms with E-state index >= 15 is 0 Å². The fourth-order valence-electron chi connectivity index (χ4n) is 1.81. The van der Waals surface area contributed by atoms with Crippen LogP contribution in [-0.2, 0) is 4.79 Å². The molecular weight excluding hydrogens is 314 g/mol. The largest absolute Gasteiger partial charge is 0.300 e. The Kier molecular flexibility index (Phi) is 5.97. The molecule has 2 rings (SSSR count). The Labute approximate surface area is 139 Å². The van der Waals surface area contributed by atoms with E-state index in [4.69, 9.17) is 0 Å². The molecule has 0 unspecified atom stereocenters. The van der Waals surface area contributed by atoms with Gasteiger partial charge in [-0.15, -0.1) is 22.0 Å². The van der Waals surface area contributed by atoms with Crippen LogP contribution >= 0.6 is 23.1 Å². The van der Waals surface area contributed by atoms with Crippen LogP contribution in [0.3, 0.4) is 0 Å². The maximum Gasteiger partial charge on any atom is 0.239 e. The topological polar surface area (TPSA) is 54.9 Å². The molecule has 1 heterocycles. The van der Waals surface area contributed by atoms with Crippen LogP contribution < -0.4 is 5.32 Å². The zero-order chi connectivity index (χ0) is 16.1. The first kappa shape index (κ1) is 17.0. The second kappa shape index (κ2) is 7.74. The van der Waals surface area contributed by atoms with Crippen LogP contribution in [0.1, 0.15) is 43.7 Å². The summed E-state index contributed by atoms with van der Waals surface area (Å²) < 4.78 is 0. The summed E-state index contributed by atoms with van der Waals surface area (Å²) in [5.41, 5.74) is 1.22. The molecule has 118 valence electrons. The summed E-state index contributed by atoms with van der Waals surface area (Å²) in [4.78, 5) is 13.5. The number of carbonyl (C=O) groups excluding carboxylic acids is 1. The Morgan fingerprint density at radius 1 is 1.27 bits per heavy atom. The standard InChI is InChI=1S/C16H21N3OS2/c1-5-13(21-12-8-6-11(4)7-9-12)14(20)17-16-19-18-15(22-16)10(2)3/h6-10,13H,5H2,1-4H3,(H,17,19,20)/t13-/m1/s1. The van der Waals surface area contributed by atoms with Crippen molar-refractivity contribution in [3.63, 3.8) is 0 Å². The molecule has 0 aliphatic carbocycles. The first-order chi connectivity index (χ1) is 10.5. The molecular formula is C16H21N3OS2. The second-order valence-corrected chi connectivity index (χ2v) is 7.70. The molecule has 2 aromatic rings. The minimum atomic E-state index is -0.130. The Morgan fingerprint density at radius 3 is 2.50 bits per heavy atom. The van der Waals surface area contributed by atoms with Gasteiger partial charge in [0.1, 0.15) is 5.01 Å². The zero-order valence-corrected chi connectivity index (χ0v) is 14.9. The van der Waals surface area contributed by atoms with Crippen molar-refractivity contribution in [3.8, 4) is 0 Å². The Bertz CT molecular complexity index is 623. The van der Waals surface area contributed by atoms with Crippen LogP contribution in [0, 0.1) is 6.92 Å². The number of aryl methyl sites for hydroxylation is 1. The van der Waals surface area contributed by atoms with Crippen molar-refractivity contribution < 1.29 is 4.79 Å². The Hall–Kier alpha value is -1.40. The highest BCUT2D eigenvalue weighted by atomic mass is 32.2. The highest BCUT2D eigenvalue weighted by molar-refractivity contribution is 8.00. The molecule has 0 saturated heterocycles. The molecule has 0 saturated carbocycles. The van der Waals surface area contributed by atoms with Gasteiger partial charge in [-0.1, -0.05) is 49.8 Å². The van der Waals surface area contributed by atoms with E-state index in [1.807, 2.05) is 6.92 Å². The van der Waals surface area contributed by atoms with E-state index in [1.54, 1.807) is 11.8 Å². The normalized spacial score (nSPS) is 12.4. The van der Waals surface area contributed by atoms with Crippen LogP contribution in [0.2, 0.25) is 0 Å². The molecule has 0 aliphatic rings. The number of hydrogen-bond acceptors (Lipinski definition) is 5. The van der Waals surface area contributed by atoms with Gasteiger partial charge in [0, 0.05) is 10.8 Å². The molecule has 1 N–H and O–H groups in total. The molecule has 1 aromatic heterocycles. The monoisotopic (exact) mass is 335 g/mol. The average Bonchev–Trinajstić information content (AvgIpc) is 2.95. The van der Waals surface area contributed by atoms with Gasteiger partial charge in [-0.2, -0.15) is 0 Å². The third kappa shape index (κ3) is 4.55. The molecule has 0 radical (unpaired) electrons. The van der Waals surface area contributed by atoms with Gasteiger partial charge in [-0.3, -0.25) is 10.1 Å². The number of carbonyl (C=O) groups is 1. The number of hydrogen-bond donors (Lipinski definition) is 1. The smallest absolute Gasteiger partial charge is 0.239 e. The number of nitrogens with zero attached hydrogens (tertiary/aromatic N) is 2. The zero-order valence-electron chi connectivity index (χ0n) is 13.3. The van der Waals surface area contributed by atoms with Crippen LogP contribution in [0.15, 0.2) is 29.2 Å². The van der Waals surface area contributed by atoms with E-state index in [-0.39, 0.29) is 11.2 Å². The summed E-state index contributed by atoms with van der Waals surface area (Å²) in [6, 6.07) is 8.23. The Morgan fingerprint density at radius 2 is 1.95 bits per heavy atom. The predicted molar refractivity (Wildman–Crippen MR) is 93.7 cm³/mol. The van der Waals surface area contributed by atoms with Gasteiger partial charge in [0.2, 0.25) is 11.0 Å². The van der Waals surface area contributed by atoms with E-state index in [1.165, 1.54) is 16.9 Å². The Balaban J connectivity index is 2.00. The van der Waals surface area contributed by atoms with Crippen molar-refractivity contribution in [1.29, 1.82) is 0 Å². The number of rotatable bonds is 6. The summed E-state index contributed by atoms with van der Waals surface area (Å²) in [6.07, 6.45) is 0.764. The molecule has 6 heteroatoms. The fraction of sp³-hybridized carbons (Fsp3) is 0.438. The molecule has 0 aliphatic heterocycles. The van der Waals surface area contributed by atoms with E-state index in [0.29, 0.717) is 11.0 Å². The average molecular weight is 335 g/mol. The minimum Gasteiger partial charge on any atom is -0.300 e. The van der Waals surface area contributed by atoms with Gasteiger partial charge < -0.3 is 0 Å². The lowest BCUT2D eigenvalue weighted by atomic mass is 10.2. The van der Waals surface area contributed by atoms with Crippen molar-refractivity contribution in [1.82, 2.24) is 10.2 Å². The molecule has 22 heavy (non-hydrogen) atoms. The molecule has 0 bridgehead atoms. The van der Waals surface area contributed by atoms with E-state index in [9.17, 15) is 4.79 Å². The quantitative estimate of drug-likeness (QED) is 0.791. The van der Waals surface area contributed by atoms with E-state index in [2.05, 4.69) is 60.6 Å². The van der Waals surface area contributed by atoms with E-state index in [0.717, 1.165) is 16.3 Å². The lowest BCUT2D eigenvalue weighted by molar-refractivity contribution is -0.115. The summed E-state index contributed by atoms with van der Waals surface area (Å²) >= 11 is 3.02. The maximum absolute atomic E-state index is 12.4. The molecule has 1 aromatic carbocycles. The van der Waals surface area contributed by atoms with Gasteiger partial charge >= 0.3 is 0 Å². The SMILES string of the molecule is CC[C@@H](Sc1ccc(C)cc1)C(=O)Nc1nnc(C(C)C)s1. The number of anilines is 1. The van der Waals surface area contributed by atoms with Gasteiger partial charge in [0.15, 0.2) is 0 Å². The van der Waals surface area contributed by atoms with Crippen molar-refractivity contribution in [2.45, 2.75) is 50.2 Å². The third-order valence-corrected chi connectivity index (χ3v) is 5.64. The number of benzene rings is 1. The second-order valence-electron chi connectivity index (χ2n) is 5.42. The van der Waals surface area contributed by atoms with Crippen LogP contribution in [-0.4, -0.2) is 21.4 Å². The van der Waals surface area contributed by atoms with Crippen LogP contribution in [0.5, 0.6) is 0 Å². The molecule has 1 amide bonds. The van der Waals surface area contributed by atoms with Crippen LogP contribution in [0.4, 0.5) is 5.13 Å². The minimum absolute atomic E-state index is 0.0143. The molecule has 0 spiro atoms. The van der Waals surface area contributed by atoms with Crippen LogP contribution in [0.25, 0.3) is 0 Å². The lowest BCUT2D eigenvalue weighted by Crippen LogP contribution is -2.24. The fourth-order valence-corrected chi connectivity index (χ4v) is 3.51. The first-order valence-corrected chi connectivity index (χ1v) is 9.06. The molecule has 0 fully saturated rings. The summed E-state index contributed by atoms with van der Waals surface area (Å²) in [5, 5.41) is 12.4. The predicted octanol–water partition coefficient (Wildman–Crippen LogP) is 4.48. The summed E-state index contributed by atoms with van der Waals surface area (Å²) in [6.45, 7) is 8.20. The van der Waals surface area contributed by atoms with Crippen molar-refractivity contribution in [3.05, 3.63) is 34.8 Å². The van der Waals surface area contributed by atoms with Crippen molar-refractivity contribution in [2.24, 2.45) is 0 Å². The van der Waals surface area contributed by atoms with Gasteiger partial charge in [0.25, 0.3) is 0 Å². The summed E-state index contributed by atoms with van der Waals surface area (Å²) in [7, 11) is 0.